The molecule has 6 heteroatoms. The monoisotopic (exact) mass is 349 g/mol. The van der Waals surface area contributed by atoms with Crippen LogP contribution in [-0.4, -0.2) is 56.8 Å². The van der Waals surface area contributed by atoms with E-state index >= 15 is 0 Å². The summed E-state index contributed by atoms with van der Waals surface area (Å²) in [6.45, 7) is 4.30. The minimum atomic E-state index is 0.214. The van der Waals surface area contributed by atoms with Crippen molar-refractivity contribution in [3.63, 3.8) is 0 Å². The molecule has 6 nitrogen and oxygen atoms in total. The van der Waals surface area contributed by atoms with Gasteiger partial charge in [-0.25, -0.2) is 4.98 Å². The third-order valence-electron chi connectivity index (χ3n) is 4.87. The molecule has 0 atom stereocenters. The van der Waals surface area contributed by atoms with Gasteiger partial charge in [-0.3, -0.25) is 14.7 Å². The number of amides is 1. The van der Waals surface area contributed by atoms with Crippen molar-refractivity contribution in [1.82, 2.24) is 24.8 Å². The van der Waals surface area contributed by atoms with Crippen molar-refractivity contribution in [2.24, 2.45) is 0 Å². The second-order valence-electron chi connectivity index (χ2n) is 6.72. The van der Waals surface area contributed by atoms with Gasteiger partial charge in [0.1, 0.15) is 5.82 Å². The number of imidazole rings is 1. The normalized spacial score (nSPS) is 15.5. The average molecular weight is 349 g/mol. The second-order valence-corrected chi connectivity index (χ2v) is 6.72. The second kappa shape index (κ2) is 7.66. The lowest BCUT2D eigenvalue weighted by Gasteiger charge is -2.34. The summed E-state index contributed by atoms with van der Waals surface area (Å²) in [6, 6.07) is 12.0. The fraction of sp³-hybridized carbons (Fsp3) is 0.350. The van der Waals surface area contributed by atoms with Crippen LogP contribution in [0.3, 0.4) is 0 Å². The first-order chi connectivity index (χ1) is 12.8. The Morgan fingerprint density at radius 3 is 2.69 bits per heavy atom. The molecule has 4 rings (SSSR count). The van der Waals surface area contributed by atoms with Crippen molar-refractivity contribution in [3.8, 4) is 0 Å². The number of fused-ring (bicyclic) bond motifs is 1. The minimum Gasteiger partial charge on any atom is -0.342 e. The number of nitrogens with zero attached hydrogens (tertiary/aromatic N) is 4. The lowest BCUT2D eigenvalue weighted by atomic mass is 10.2. The molecule has 1 aromatic carbocycles. The molecule has 0 spiro atoms. The van der Waals surface area contributed by atoms with Crippen molar-refractivity contribution in [2.75, 3.05) is 26.2 Å². The standard InChI is InChI=1S/C20H23N5O/c26-20(8-7-19-22-17-5-1-2-6-18(17)23-19)25-12-10-24(11-13-25)15-16-4-3-9-21-14-16/h1-6,9,14H,7-8,10-13,15H2,(H,22,23). The third kappa shape index (κ3) is 3.91. The number of aryl methyl sites for hydroxylation is 1. The van der Waals surface area contributed by atoms with E-state index < -0.39 is 0 Å². The Bertz CT molecular complexity index is 835. The lowest BCUT2D eigenvalue weighted by molar-refractivity contribution is -0.133. The number of hydrogen-bond acceptors (Lipinski definition) is 4. The zero-order chi connectivity index (χ0) is 17.8. The first-order valence-electron chi connectivity index (χ1n) is 9.10. The SMILES string of the molecule is O=C(CCc1nc2ccccc2[nH]1)N1CCN(Cc2cccnc2)CC1. The molecule has 3 heterocycles. The highest BCUT2D eigenvalue weighted by atomic mass is 16.2. The molecule has 0 unspecified atom stereocenters. The van der Waals surface area contributed by atoms with Crippen LogP contribution in [-0.2, 0) is 17.8 Å². The zero-order valence-electron chi connectivity index (χ0n) is 14.8. The number of carbonyl (C=O) groups is 1. The molecule has 1 fully saturated rings. The smallest absolute Gasteiger partial charge is 0.223 e. The Hall–Kier alpha value is -2.73. The third-order valence-corrected chi connectivity index (χ3v) is 4.87. The van der Waals surface area contributed by atoms with Crippen LogP contribution in [0.2, 0.25) is 0 Å². The number of carbonyl (C=O) groups excluding carboxylic acids is 1. The Labute approximate surface area is 152 Å². The number of nitrogens with one attached hydrogen (secondary N) is 1. The summed E-state index contributed by atoms with van der Waals surface area (Å²) >= 11 is 0. The summed E-state index contributed by atoms with van der Waals surface area (Å²) in [5, 5.41) is 0. The molecule has 3 aromatic rings. The zero-order valence-corrected chi connectivity index (χ0v) is 14.8. The van der Waals surface area contributed by atoms with Gasteiger partial charge < -0.3 is 9.88 Å². The van der Waals surface area contributed by atoms with Gasteiger partial charge in [0.15, 0.2) is 0 Å². The summed E-state index contributed by atoms with van der Waals surface area (Å²) < 4.78 is 0. The van der Waals surface area contributed by atoms with Crippen molar-refractivity contribution in [2.45, 2.75) is 19.4 Å². The van der Waals surface area contributed by atoms with Gasteiger partial charge in [-0.2, -0.15) is 0 Å². The van der Waals surface area contributed by atoms with Gasteiger partial charge in [0, 0.05) is 58.0 Å². The fourth-order valence-electron chi connectivity index (χ4n) is 3.41. The Kier molecular flexibility index (Phi) is 4.93. The van der Waals surface area contributed by atoms with Gasteiger partial charge in [-0.1, -0.05) is 18.2 Å². The molecule has 0 saturated carbocycles. The number of hydrogen-bond donors (Lipinski definition) is 1. The van der Waals surface area contributed by atoms with Gasteiger partial charge in [0.25, 0.3) is 0 Å². The van der Waals surface area contributed by atoms with E-state index in [0.717, 1.165) is 49.6 Å². The highest BCUT2D eigenvalue weighted by Gasteiger charge is 2.21. The first-order valence-corrected chi connectivity index (χ1v) is 9.10. The number of rotatable bonds is 5. The summed E-state index contributed by atoms with van der Waals surface area (Å²) in [7, 11) is 0. The number of H-pyrrole nitrogens is 1. The highest BCUT2D eigenvalue weighted by Crippen LogP contribution is 2.13. The molecule has 1 N–H and O–H groups in total. The van der Waals surface area contributed by atoms with Gasteiger partial charge in [-0.15, -0.1) is 0 Å². The largest absolute Gasteiger partial charge is 0.342 e. The van der Waals surface area contributed by atoms with Gasteiger partial charge >= 0.3 is 0 Å². The maximum atomic E-state index is 12.5. The van der Waals surface area contributed by atoms with Crippen molar-refractivity contribution in [3.05, 3.63) is 60.2 Å². The van der Waals surface area contributed by atoms with Crippen molar-refractivity contribution in [1.29, 1.82) is 0 Å². The number of pyridine rings is 1. The topological polar surface area (TPSA) is 65.1 Å². The van der Waals surface area contributed by atoms with Crippen LogP contribution >= 0.6 is 0 Å². The van der Waals surface area contributed by atoms with E-state index in [1.165, 1.54) is 5.56 Å². The lowest BCUT2D eigenvalue weighted by Crippen LogP contribution is -2.48. The van der Waals surface area contributed by atoms with E-state index in [0.29, 0.717) is 12.8 Å². The number of aromatic nitrogens is 3. The Morgan fingerprint density at radius 2 is 1.92 bits per heavy atom. The quantitative estimate of drug-likeness (QED) is 0.767. The van der Waals surface area contributed by atoms with Gasteiger partial charge in [0.2, 0.25) is 5.91 Å². The highest BCUT2D eigenvalue weighted by molar-refractivity contribution is 5.77. The van der Waals surface area contributed by atoms with Crippen LogP contribution in [0, 0.1) is 0 Å². The number of piperazine rings is 1. The summed E-state index contributed by atoms with van der Waals surface area (Å²) in [6.07, 6.45) is 4.86. The van der Waals surface area contributed by atoms with Crippen LogP contribution in [0.4, 0.5) is 0 Å². The van der Waals surface area contributed by atoms with Gasteiger partial charge in [-0.05, 0) is 23.8 Å². The molecule has 134 valence electrons. The predicted octanol–water partition coefficient (Wildman–Crippen LogP) is 2.23. The molecule has 2 aromatic heterocycles. The van der Waals surface area contributed by atoms with Crippen LogP contribution in [0.25, 0.3) is 11.0 Å². The molecule has 1 saturated heterocycles. The molecule has 1 aliphatic rings. The van der Waals surface area contributed by atoms with Crippen LogP contribution in [0.15, 0.2) is 48.8 Å². The Balaban J connectivity index is 1.25. The minimum absolute atomic E-state index is 0.214. The molecule has 0 aliphatic carbocycles. The molecule has 1 amide bonds. The molecular weight excluding hydrogens is 326 g/mol. The molecule has 0 bridgehead atoms. The number of para-hydroxylation sites is 2. The first kappa shape index (κ1) is 16.7. The summed E-state index contributed by atoms with van der Waals surface area (Å²) in [4.78, 5) is 28.9. The van der Waals surface area contributed by atoms with E-state index in [1.54, 1.807) is 6.20 Å². The number of benzene rings is 1. The predicted molar refractivity (Wildman–Crippen MR) is 101 cm³/mol. The fourth-order valence-corrected chi connectivity index (χ4v) is 3.41. The number of aromatic amines is 1. The molecule has 1 aliphatic heterocycles. The van der Waals surface area contributed by atoms with E-state index in [9.17, 15) is 4.79 Å². The molecule has 0 radical (unpaired) electrons. The summed E-state index contributed by atoms with van der Waals surface area (Å²) in [5.74, 6) is 1.10. The average Bonchev–Trinajstić information content (AvgIpc) is 3.10. The van der Waals surface area contributed by atoms with E-state index in [1.807, 2.05) is 41.4 Å². The van der Waals surface area contributed by atoms with Crippen molar-refractivity contribution < 1.29 is 4.79 Å². The molecular formula is C20H23N5O. The van der Waals surface area contributed by atoms with Crippen LogP contribution in [0.5, 0.6) is 0 Å². The van der Waals surface area contributed by atoms with E-state index in [4.69, 9.17) is 0 Å². The van der Waals surface area contributed by atoms with Crippen LogP contribution in [0.1, 0.15) is 17.8 Å². The van der Waals surface area contributed by atoms with Gasteiger partial charge in [0.05, 0.1) is 11.0 Å². The van der Waals surface area contributed by atoms with E-state index in [2.05, 4.69) is 25.9 Å². The Morgan fingerprint density at radius 1 is 1.08 bits per heavy atom. The van der Waals surface area contributed by atoms with Crippen molar-refractivity contribution >= 4 is 16.9 Å². The van der Waals surface area contributed by atoms with E-state index in [-0.39, 0.29) is 5.91 Å². The summed E-state index contributed by atoms with van der Waals surface area (Å²) in [5.41, 5.74) is 3.20. The molecule has 26 heavy (non-hydrogen) atoms. The van der Waals surface area contributed by atoms with Crippen LogP contribution < -0.4 is 0 Å². The maximum Gasteiger partial charge on any atom is 0.223 e. The maximum absolute atomic E-state index is 12.5.